The minimum Gasteiger partial charge on any atom is -0.457 e. The first-order valence-corrected chi connectivity index (χ1v) is 13.5. The lowest BCUT2D eigenvalue weighted by Gasteiger charge is -2.37. The summed E-state index contributed by atoms with van der Waals surface area (Å²) >= 11 is 0.886. The molecule has 3 heterocycles. The number of carbonyl (C=O) groups excluding carboxylic acids is 2. The average molecular weight is 546 g/mol. The zero-order valence-corrected chi connectivity index (χ0v) is 22.5. The number of amidine groups is 1. The molecule has 1 fully saturated rings. The fourth-order valence-corrected chi connectivity index (χ4v) is 5.23. The van der Waals surface area contributed by atoms with E-state index in [1.54, 1.807) is 11.1 Å². The predicted octanol–water partition coefficient (Wildman–Crippen LogP) is 4.91. The van der Waals surface area contributed by atoms with Crippen molar-refractivity contribution in [2.45, 2.75) is 19.8 Å². The molecule has 5 rings (SSSR count). The normalized spacial score (nSPS) is 17.0. The molecule has 39 heavy (non-hydrogen) atoms. The molecular weight excluding hydrogens is 514 g/mol. The number of nitrogens with one attached hydrogen (secondary N) is 1. The molecule has 1 unspecified atom stereocenters. The van der Waals surface area contributed by atoms with E-state index in [1.807, 2.05) is 68.4 Å². The Morgan fingerprint density at radius 3 is 2.56 bits per heavy atom. The molecule has 1 atom stereocenters. The number of fused-ring (bicyclic) bond motifs is 2. The number of para-hydroxylation sites is 1. The van der Waals surface area contributed by atoms with Gasteiger partial charge in [0.25, 0.3) is 11.8 Å². The molecule has 0 saturated carbocycles. The number of morpholine rings is 1. The molecule has 10 heteroatoms. The standard InChI is InChI=1S/C29H29N5O4S.H2/c1-29(2,27(36)33-28(31)39-17-30)25-20-5-3-4-6-23(20)38-24-15-22(32-16-21(24)25)18-7-9-19(10-8-18)26(35)34-11-13-37-14-12-34;/h3-10,15-17,25,30H,11-14H2,1-2H3,(H2,31,33,36);1H. The molecule has 3 aromatic rings. The van der Waals surface area contributed by atoms with Crippen LogP contribution < -0.4 is 10.5 Å². The van der Waals surface area contributed by atoms with E-state index in [-0.39, 0.29) is 18.4 Å². The smallest absolute Gasteiger partial charge is 0.254 e. The second-order valence-corrected chi connectivity index (χ2v) is 10.8. The number of hydrogen-bond acceptors (Lipinski definition) is 7. The number of hydrogen-bond donors (Lipinski definition) is 2. The van der Waals surface area contributed by atoms with Gasteiger partial charge in [-0.2, -0.15) is 4.99 Å². The van der Waals surface area contributed by atoms with Crippen LogP contribution in [-0.4, -0.2) is 58.7 Å². The van der Waals surface area contributed by atoms with Gasteiger partial charge in [-0.3, -0.25) is 14.6 Å². The summed E-state index contributed by atoms with van der Waals surface area (Å²) in [5.41, 5.74) is 9.66. The topological polar surface area (TPSA) is 131 Å². The van der Waals surface area contributed by atoms with Gasteiger partial charge in [0.2, 0.25) is 0 Å². The third kappa shape index (κ3) is 5.30. The van der Waals surface area contributed by atoms with Crippen molar-refractivity contribution in [1.82, 2.24) is 9.88 Å². The van der Waals surface area contributed by atoms with E-state index in [0.717, 1.165) is 34.0 Å². The summed E-state index contributed by atoms with van der Waals surface area (Å²) in [5.74, 6) is 0.461. The Bertz CT molecular complexity index is 1460. The minimum atomic E-state index is -0.980. The second-order valence-electron chi connectivity index (χ2n) is 9.87. The van der Waals surface area contributed by atoms with Crippen molar-refractivity contribution in [2.75, 3.05) is 26.3 Å². The fourth-order valence-electron chi connectivity index (χ4n) is 4.97. The lowest BCUT2D eigenvalue weighted by molar-refractivity contribution is -0.126. The molecule has 0 bridgehead atoms. The second kappa shape index (κ2) is 11.0. The van der Waals surface area contributed by atoms with E-state index in [9.17, 15) is 9.59 Å². The SMILES string of the molecule is CC(C)(C(=O)N=C(N)SC=N)C1c2ccccc2Oc2cc(-c3ccc(C(=O)N4CCOCC4)cc3)ncc21.[HH]. The van der Waals surface area contributed by atoms with E-state index in [1.165, 1.54) is 0 Å². The first kappa shape index (κ1) is 26.6. The Hall–Kier alpha value is -4.02. The number of benzene rings is 2. The van der Waals surface area contributed by atoms with Crippen molar-refractivity contribution in [3.63, 3.8) is 0 Å². The molecule has 0 radical (unpaired) electrons. The summed E-state index contributed by atoms with van der Waals surface area (Å²) in [4.78, 5) is 36.7. The summed E-state index contributed by atoms with van der Waals surface area (Å²) in [5, 5.41) is 7.23. The first-order valence-electron chi connectivity index (χ1n) is 12.6. The van der Waals surface area contributed by atoms with Gasteiger partial charge in [0.15, 0.2) is 5.17 Å². The van der Waals surface area contributed by atoms with Gasteiger partial charge in [-0.25, -0.2) is 0 Å². The Kier molecular flexibility index (Phi) is 7.49. The molecule has 202 valence electrons. The number of thioether (sulfide) groups is 1. The highest BCUT2D eigenvalue weighted by atomic mass is 32.2. The molecule has 2 amide bonds. The molecular formula is C29H31N5O4S. The van der Waals surface area contributed by atoms with Crippen LogP contribution in [0.25, 0.3) is 11.3 Å². The summed E-state index contributed by atoms with van der Waals surface area (Å²) in [6.45, 7) is 5.94. The van der Waals surface area contributed by atoms with Gasteiger partial charge in [-0.15, -0.1) is 0 Å². The predicted molar refractivity (Wildman–Crippen MR) is 154 cm³/mol. The zero-order valence-electron chi connectivity index (χ0n) is 21.7. The van der Waals surface area contributed by atoms with Crippen molar-refractivity contribution in [2.24, 2.45) is 16.1 Å². The molecule has 2 aliphatic heterocycles. The van der Waals surface area contributed by atoms with E-state index in [2.05, 4.69) is 4.99 Å². The first-order chi connectivity index (χ1) is 18.8. The van der Waals surface area contributed by atoms with Crippen LogP contribution in [0.15, 0.2) is 65.8 Å². The number of ether oxygens (including phenoxy) is 2. The fraction of sp³-hybridized carbons (Fsp3) is 0.276. The maximum absolute atomic E-state index is 13.3. The van der Waals surface area contributed by atoms with Crippen molar-refractivity contribution >= 4 is 34.3 Å². The van der Waals surface area contributed by atoms with E-state index in [0.29, 0.717) is 49.1 Å². The van der Waals surface area contributed by atoms with Gasteiger partial charge < -0.3 is 25.5 Å². The highest BCUT2D eigenvalue weighted by molar-refractivity contribution is 8.24. The molecule has 1 aromatic heterocycles. The Balaban J connectivity index is 0.00000370. The number of aromatic nitrogens is 1. The van der Waals surface area contributed by atoms with Crippen LogP contribution in [0, 0.1) is 10.8 Å². The molecule has 9 nitrogen and oxygen atoms in total. The summed E-state index contributed by atoms with van der Waals surface area (Å²) in [6.07, 6.45) is 1.74. The Morgan fingerprint density at radius 2 is 1.85 bits per heavy atom. The number of rotatable bonds is 5. The van der Waals surface area contributed by atoms with Gasteiger partial charge in [-0.05, 0) is 30.0 Å². The van der Waals surface area contributed by atoms with Crippen LogP contribution in [0.5, 0.6) is 11.5 Å². The molecule has 0 spiro atoms. The van der Waals surface area contributed by atoms with E-state index >= 15 is 0 Å². The van der Waals surface area contributed by atoms with Crippen LogP contribution in [0.4, 0.5) is 0 Å². The zero-order chi connectivity index (χ0) is 27.6. The molecule has 2 aromatic carbocycles. The molecule has 0 aliphatic carbocycles. The molecule has 2 aliphatic rings. The number of pyridine rings is 1. The number of aliphatic imine (C=N–C) groups is 1. The lowest BCUT2D eigenvalue weighted by Crippen LogP contribution is -2.40. The highest BCUT2D eigenvalue weighted by Crippen LogP contribution is 2.52. The molecule has 3 N–H and O–H groups in total. The number of carbonyl (C=O) groups is 2. The third-order valence-electron chi connectivity index (χ3n) is 7.05. The van der Waals surface area contributed by atoms with Gasteiger partial charge in [0.05, 0.1) is 29.9 Å². The van der Waals surface area contributed by atoms with Gasteiger partial charge >= 0.3 is 0 Å². The Morgan fingerprint density at radius 1 is 1.13 bits per heavy atom. The average Bonchev–Trinajstić information content (AvgIpc) is 2.95. The maximum Gasteiger partial charge on any atom is 0.254 e. The number of nitrogens with two attached hydrogens (primary N) is 1. The van der Waals surface area contributed by atoms with Crippen LogP contribution in [-0.2, 0) is 9.53 Å². The van der Waals surface area contributed by atoms with Crippen LogP contribution >= 0.6 is 11.8 Å². The van der Waals surface area contributed by atoms with Crippen molar-refractivity contribution < 1.29 is 20.5 Å². The van der Waals surface area contributed by atoms with Crippen molar-refractivity contribution in [3.8, 4) is 22.8 Å². The van der Waals surface area contributed by atoms with Gasteiger partial charge in [0.1, 0.15) is 11.5 Å². The monoisotopic (exact) mass is 545 g/mol. The largest absolute Gasteiger partial charge is 0.457 e. The van der Waals surface area contributed by atoms with Crippen LogP contribution in [0.1, 0.15) is 42.7 Å². The quantitative estimate of drug-likeness (QED) is 0.344. The summed E-state index contributed by atoms with van der Waals surface area (Å²) < 4.78 is 11.6. The summed E-state index contributed by atoms with van der Waals surface area (Å²) in [7, 11) is 0. The van der Waals surface area contributed by atoms with E-state index < -0.39 is 11.3 Å². The van der Waals surface area contributed by atoms with E-state index in [4.69, 9.17) is 25.6 Å². The lowest BCUT2D eigenvalue weighted by atomic mass is 9.69. The van der Waals surface area contributed by atoms with Gasteiger partial charge in [-0.1, -0.05) is 44.2 Å². The van der Waals surface area contributed by atoms with Crippen molar-refractivity contribution in [1.29, 1.82) is 5.41 Å². The molecule has 1 saturated heterocycles. The number of amides is 2. The highest BCUT2D eigenvalue weighted by Gasteiger charge is 2.44. The van der Waals surface area contributed by atoms with Gasteiger partial charge in [0, 0.05) is 55.0 Å². The maximum atomic E-state index is 13.3. The minimum absolute atomic E-state index is 0. The van der Waals surface area contributed by atoms with Crippen molar-refractivity contribution in [3.05, 3.63) is 77.5 Å². The number of nitrogens with zero attached hydrogens (tertiary/aromatic N) is 3. The third-order valence-corrected chi connectivity index (χ3v) is 7.50. The Labute approximate surface area is 232 Å². The van der Waals surface area contributed by atoms with Crippen LogP contribution in [0.2, 0.25) is 0 Å². The summed E-state index contributed by atoms with van der Waals surface area (Å²) in [6, 6.07) is 16.8. The van der Waals surface area contributed by atoms with Crippen LogP contribution in [0.3, 0.4) is 0 Å².